The maximum absolute atomic E-state index is 12.5. The van der Waals surface area contributed by atoms with Crippen LogP contribution in [-0.2, 0) is 14.8 Å². The zero-order chi connectivity index (χ0) is 16.3. The highest BCUT2D eigenvalue weighted by atomic mass is 32.2. The molecule has 1 aromatic rings. The second kappa shape index (κ2) is 6.76. The smallest absolute Gasteiger partial charge is 0.338 e. The zero-order valence-electron chi connectivity index (χ0n) is 12.8. The van der Waals surface area contributed by atoms with Crippen LogP contribution >= 0.6 is 0 Å². The monoisotopic (exact) mass is 326 g/mol. The van der Waals surface area contributed by atoms with Crippen LogP contribution in [0.3, 0.4) is 0 Å². The molecule has 0 aromatic heterocycles. The molecule has 1 aromatic carbocycles. The van der Waals surface area contributed by atoms with Gasteiger partial charge in [0.1, 0.15) is 0 Å². The lowest BCUT2D eigenvalue weighted by Crippen LogP contribution is -2.39. The molecule has 2 rings (SSSR count). The van der Waals surface area contributed by atoms with E-state index in [0.29, 0.717) is 12.1 Å². The van der Waals surface area contributed by atoms with Crippen molar-refractivity contribution in [3.63, 3.8) is 0 Å². The fourth-order valence-electron chi connectivity index (χ4n) is 2.84. The van der Waals surface area contributed by atoms with Gasteiger partial charge in [0.2, 0.25) is 10.0 Å². The van der Waals surface area contributed by atoms with E-state index < -0.39 is 16.0 Å². The maximum atomic E-state index is 12.5. The van der Waals surface area contributed by atoms with E-state index in [4.69, 9.17) is 5.73 Å². The molecule has 1 aliphatic carbocycles. The molecule has 22 heavy (non-hydrogen) atoms. The Kier molecular flexibility index (Phi) is 5.20. The molecule has 7 heteroatoms. The van der Waals surface area contributed by atoms with Crippen molar-refractivity contribution in [2.75, 3.05) is 13.7 Å². The number of nitrogens with one attached hydrogen (secondary N) is 1. The quantitative estimate of drug-likeness (QED) is 0.792. The standard InChI is InChI=1S/C15H22N2O4S/c1-10-6-7-12(8-13(10)15(18)21-2)22(19,20)17-14-5-3-4-11(14)9-16/h6-8,11,14,17H,3-5,9,16H2,1-2H3. The number of esters is 1. The van der Waals surface area contributed by atoms with E-state index in [1.807, 2.05) is 0 Å². The van der Waals surface area contributed by atoms with Crippen molar-refractivity contribution in [1.29, 1.82) is 0 Å². The predicted octanol–water partition coefficient (Wildman–Crippen LogP) is 1.19. The molecule has 1 fully saturated rings. The Balaban J connectivity index is 2.28. The molecule has 2 atom stereocenters. The summed E-state index contributed by atoms with van der Waals surface area (Å²) in [6.45, 7) is 2.20. The Hall–Kier alpha value is -1.44. The van der Waals surface area contributed by atoms with Gasteiger partial charge < -0.3 is 10.5 Å². The van der Waals surface area contributed by atoms with Crippen LogP contribution in [0.15, 0.2) is 23.1 Å². The number of ether oxygens (including phenoxy) is 1. The lowest BCUT2D eigenvalue weighted by Gasteiger charge is -2.19. The molecule has 0 saturated heterocycles. The Morgan fingerprint density at radius 1 is 1.41 bits per heavy atom. The first kappa shape index (κ1) is 16.9. The van der Waals surface area contributed by atoms with Gasteiger partial charge in [0.25, 0.3) is 0 Å². The lowest BCUT2D eigenvalue weighted by molar-refractivity contribution is 0.0599. The van der Waals surface area contributed by atoms with Crippen LogP contribution in [0.4, 0.5) is 0 Å². The number of sulfonamides is 1. The number of hydrogen-bond acceptors (Lipinski definition) is 5. The average Bonchev–Trinajstić information content (AvgIpc) is 2.93. The summed E-state index contributed by atoms with van der Waals surface area (Å²) in [4.78, 5) is 11.8. The molecule has 2 unspecified atom stereocenters. The van der Waals surface area contributed by atoms with E-state index >= 15 is 0 Å². The van der Waals surface area contributed by atoms with Gasteiger partial charge in [0, 0.05) is 6.04 Å². The van der Waals surface area contributed by atoms with Crippen LogP contribution in [0.5, 0.6) is 0 Å². The fourth-order valence-corrected chi connectivity index (χ4v) is 4.20. The zero-order valence-corrected chi connectivity index (χ0v) is 13.7. The molecule has 0 spiro atoms. The molecule has 1 aliphatic rings. The Morgan fingerprint density at radius 2 is 2.14 bits per heavy atom. The van der Waals surface area contributed by atoms with Gasteiger partial charge in [-0.1, -0.05) is 12.5 Å². The first-order valence-electron chi connectivity index (χ1n) is 7.30. The molecule has 0 bridgehead atoms. The topological polar surface area (TPSA) is 98.5 Å². The third-order valence-corrected chi connectivity index (χ3v) is 5.68. The lowest BCUT2D eigenvalue weighted by atomic mass is 10.1. The predicted molar refractivity (Wildman–Crippen MR) is 83.0 cm³/mol. The average molecular weight is 326 g/mol. The van der Waals surface area contributed by atoms with Gasteiger partial charge in [-0.15, -0.1) is 0 Å². The van der Waals surface area contributed by atoms with Gasteiger partial charge in [-0.3, -0.25) is 0 Å². The van der Waals surface area contributed by atoms with E-state index in [2.05, 4.69) is 9.46 Å². The SMILES string of the molecule is COC(=O)c1cc(S(=O)(=O)NC2CCCC2CN)ccc1C. The van der Waals surface area contributed by atoms with Gasteiger partial charge in [0.15, 0.2) is 0 Å². The first-order chi connectivity index (χ1) is 10.4. The highest BCUT2D eigenvalue weighted by Gasteiger charge is 2.30. The van der Waals surface area contributed by atoms with Crippen molar-refractivity contribution in [2.24, 2.45) is 11.7 Å². The number of methoxy groups -OCH3 is 1. The summed E-state index contributed by atoms with van der Waals surface area (Å²) in [6, 6.07) is 4.32. The number of benzene rings is 1. The highest BCUT2D eigenvalue weighted by Crippen LogP contribution is 2.26. The molecule has 122 valence electrons. The largest absolute Gasteiger partial charge is 0.465 e. The van der Waals surface area contributed by atoms with Gasteiger partial charge in [0.05, 0.1) is 17.6 Å². The minimum absolute atomic E-state index is 0.0705. The first-order valence-corrected chi connectivity index (χ1v) is 8.78. The Morgan fingerprint density at radius 3 is 2.77 bits per heavy atom. The van der Waals surface area contributed by atoms with Gasteiger partial charge in [-0.05, 0) is 49.9 Å². The second-order valence-electron chi connectivity index (χ2n) is 5.62. The fraction of sp³-hybridized carbons (Fsp3) is 0.533. The minimum atomic E-state index is -3.68. The molecular weight excluding hydrogens is 304 g/mol. The molecular formula is C15H22N2O4S. The summed E-state index contributed by atoms with van der Waals surface area (Å²) in [5.41, 5.74) is 6.62. The Bertz CT molecular complexity index is 658. The summed E-state index contributed by atoms with van der Waals surface area (Å²) in [5.74, 6) is -0.379. The Labute approximate surface area is 131 Å². The van der Waals surface area contributed by atoms with Crippen molar-refractivity contribution in [1.82, 2.24) is 4.72 Å². The molecule has 3 N–H and O–H groups in total. The van der Waals surface area contributed by atoms with E-state index in [0.717, 1.165) is 19.3 Å². The van der Waals surface area contributed by atoms with Crippen LogP contribution in [0.1, 0.15) is 35.2 Å². The molecule has 0 amide bonds. The van der Waals surface area contributed by atoms with Crippen LogP contribution in [-0.4, -0.2) is 34.1 Å². The number of rotatable bonds is 5. The third kappa shape index (κ3) is 3.48. The van der Waals surface area contributed by atoms with Gasteiger partial charge in [-0.2, -0.15) is 0 Å². The second-order valence-corrected chi connectivity index (χ2v) is 7.34. The molecule has 0 radical (unpaired) electrons. The third-order valence-electron chi connectivity index (χ3n) is 4.19. The molecule has 6 nitrogen and oxygen atoms in total. The van der Waals surface area contributed by atoms with E-state index in [9.17, 15) is 13.2 Å². The van der Waals surface area contributed by atoms with Crippen molar-refractivity contribution < 1.29 is 17.9 Å². The van der Waals surface area contributed by atoms with Crippen LogP contribution < -0.4 is 10.5 Å². The molecule has 0 heterocycles. The van der Waals surface area contributed by atoms with Crippen LogP contribution in [0.2, 0.25) is 0 Å². The summed E-state index contributed by atoms with van der Waals surface area (Å²) >= 11 is 0. The van der Waals surface area contributed by atoms with Crippen LogP contribution in [0, 0.1) is 12.8 Å². The van der Waals surface area contributed by atoms with Crippen molar-refractivity contribution in [2.45, 2.75) is 37.1 Å². The number of aryl methyl sites for hydroxylation is 1. The number of nitrogens with two attached hydrogens (primary N) is 1. The number of carbonyl (C=O) groups excluding carboxylic acids is 1. The van der Waals surface area contributed by atoms with Gasteiger partial charge >= 0.3 is 5.97 Å². The molecule has 0 aliphatic heterocycles. The van der Waals surface area contributed by atoms with Crippen molar-refractivity contribution in [3.8, 4) is 0 Å². The van der Waals surface area contributed by atoms with E-state index in [-0.39, 0.29) is 22.4 Å². The van der Waals surface area contributed by atoms with Crippen LogP contribution in [0.25, 0.3) is 0 Å². The van der Waals surface area contributed by atoms with Crippen molar-refractivity contribution in [3.05, 3.63) is 29.3 Å². The van der Waals surface area contributed by atoms with Gasteiger partial charge in [-0.25, -0.2) is 17.9 Å². The van der Waals surface area contributed by atoms with E-state index in [1.165, 1.54) is 19.2 Å². The molecule has 1 saturated carbocycles. The number of carbonyl (C=O) groups is 1. The minimum Gasteiger partial charge on any atom is -0.465 e. The highest BCUT2D eigenvalue weighted by molar-refractivity contribution is 7.89. The summed E-state index contributed by atoms with van der Waals surface area (Å²) in [7, 11) is -2.41. The number of hydrogen-bond donors (Lipinski definition) is 2. The summed E-state index contributed by atoms with van der Waals surface area (Å²) in [6.07, 6.45) is 2.69. The maximum Gasteiger partial charge on any atom is 0.338 e. The summed E-state index contributed by atoms with van der Waals surface area (Å²) < 4.78 is 32.4. The van der Waals surface area contributed by atoms with Crippen molar-refractivity contribution >= 4 is 16.0 Å². The summed E-state index contributed by atoms with van der Waals surface area (Å²) in [5, 5.41) is 0. The normalized spacial score (nSPS) is 21.8. The van der Waals surface area contributed by atoms with E-state index in [1.54, 1.807) is 13.0 Å².